The molecule has 1 aliphatic heterocycles. The number of aromatic nitrogens is 2. The molecule has 0 spiro atoms. The van der Waals surface area contributed by atoms with Crippen molar-refractivity contribution in [3.8, 4) is 5.75 Å². The number of sulfone groups is 1. The van der Waals surface area contributed by atoms with Gasteiger partial charge in [-0.1, -0.05) is 32.4 Å². The minimum atomic E-state index is -3.82. The maximum atomic E-state index is 12.7. The van der Waals surface area contributed by atoms with Crippen LogP contribution in [0.1, 0.15) is 63.5 Å². The van der Waals surface area contributed by atoms with E-state index in [2.05, 4.69) is 56.8 Å². The second-order valence-corrected chi connectivity index (χ2v) is 13.6. The minimum absolute atomic E-state index is 0.0340. The molecular weight excluding hydrogens is 562 g/mol. The van der Waals surface area contributed by atoms with E-state index in [0.717, 1.165) is 56.8 Å². The summed E-state index contributed by atoms with van der Waals surface area (Å²) in [5.41, 5.74) is 3.30. The molecule has 1 aliphatic carbocycles. The summed E-state index contributed by atoms with van der Waals surface area (Å²) < 4.78 is 31.8. The lowest BCUT2D eigenvalue weighted by Gasteiger charge is -2.32. The highest BCUT2D eigenvalue weighted by atomic mass is 35.5. The molecule has 2 aliphatic rings. The fraction of sp³-hybridized carbons (Fsp3) is 0.552. The van der Waals surface area contributed by atoms with E-state index >= 15 is 0 Å². The predicted molar refractivity (Wildman–Crippen MR) is 166 cm³/mol. The predicted octanol–water partition coefficient (Wildman–Crippen LogP) is 5.44. The van der Waals surface area contributed by atoms with Gasteiger partial charge in [0.05, 0.1) is 29.4 Å². The number of nitrogens with one attached hydrogen (secondary N) is 4. The van der Waals surface area contributed by atoms with Crippen LogP contribution in [0.15, 0.2) is 30.2 Å². The van der Waals surface area contributed by atoms with Gasteiger partial charge in [0.25, 0.3) is 0 Å². The van der Waals surface area contributed by atoms with Crippen molar-refractivity contribution in [2.45, 2.75) is 65.4 Å². The normalized spacial score (nSPS) is 17.0. The summed E-state index contributed by atoms with van der Waals surface area (Å²) >= 11 is 6.40. The number of ether oxygens (including phenoxy) is 1. The molecule has 41 heavy (non-hydrogen) atoms. The maximum absolute atomic E-state index is 12.7. The second-order valence-electron chi connectivity index (χ2n) is 11.2. The first-order chi connectivity index (χ1) is 19.5. The molecule has 2 aromatic rings. The molecule has 224 valence electrons. The zero-order valence-corrected chi connectivity index (χ0v) is 26.1. The van der Waals surface area contributed by atoms with Gasteiger partial charge in [0.15, 0.2) is 20.7 Å². The third-order valence-electron chi connectivity index (χ3n) is 7.30. The van der Waals surface area contributed by atoms with Crippen molar-refractivity contribution in [3.05, 3.63) is 46.4 Å². The highest BCUT2D eigenvalue weighted by Gasteiger charge is 2.28. The van der Waals surface area contributed by atoms with Gasteiger partial charge in [-0.05, 0) is 87.3 Å². The Labute approximate surface area is 248 Å². The molecule has 4 N–H and O–H groups in total. The number of rotatable bonds is 12. The average molecular weight is 604 g/mol. The summed E-state index contributed by atoms with van der Waals surface area (Å²) in [6.07, 6.45) is 7.38. The van der Waals surface area contributed by atoms with Crippen molar-refractivity contribution in [2.75, 3.05) is 43.1 Å². The van der Waals surface area contributed by atoms with E-state index in [1.54, 1.807) is 20.9 Å². The molecular formula is C29H42ClN7O3S. The van der Waals surface area contributed by atoms with Crippen molar-refractivity contribution in [2.24, 2.45) is 5.92 Å². The largest absolute Gasteiger partial charge is 0.488 e. The number of anilines is 3. The van der Waals surface area contributed by atoms with Crippen molar-refractivity contribution in [1.82, 2.24) is 20.2 Å². The maximum Gasteiger partial charge on any atom is 0.229 e. The van der Waals surface area contributed by atoms with Crippen LogP contribution in [0.4, 0.5) is 17.5 Å². The molecule has 4 rings (SSSR count). The number of halogens is 1. The summed E-state index contributed by atoms with van der Waals surface area (Å²) in [5, 5.41) is 17.0. The van der Waals surface area contributed by atoms with Crippen molar-refractivity contribution in [3.63, 3.8) is 0 Å². The Morgan fingerprint density at radius 2 is 1.95 bits per heavy atom. The van der Waals surface area contributed by atoms with Crippen LogP contribution in [0, 0.1) is 18.3 Å². The van der Waals surface area contributed by atoms with E-state index in [0.29, 0.717) is 5.92 Å². The van der Waals surface area contributed by atoms with Gasteiger partial charge < -0.3 is 25.6 Å². The van der Waals surface area contributed by atoms with Crippen molar-refractivity contribution >= 4 is 43.9 Å². The molecule has 0 radical (unpaired) electrons. The molecule has 0 unspecified atom stereocenters. The number of benzene rings is 1. The van der Waals surface area contributed by atoms with Gasteiger partial charge in [-0.3, -0.25) is 5.41 Å². The molecule has 0 bridgehead atoms. The fourth-order valence-corrected chi connectivity index (χ4v) is 6.65. The van der Waals surface area contributed by atoms with E-state index < -0.39 is 14.9 Å². The Hall–Kier alpha value is -2.89. The van der Waals surface area contributed by atoms with E-state index in [1.165, 1.54) is 23.5 Å². The molecule has 0 amide bonds. The lowest BCUT2D eigenvalue weighted by molar-refractivity contribution is 0.222. The Kier molecular flexibility index (Phi) is 10.1. The van der Waals surface area contributed by atoms with E-state index in [9.17, 15) is 8.42 Å². The van der Waals surface area contributed by atoms with E-state index in [4.69, 9.17) is 21.7 Å². The first-order valence-corrected chi connectivity index (χ1v) is 16.3. The summed E-state index contributed by atoms with van der Waals surface area (Å²) in [6.45, 7) is 11.2. The molecule has 1 aromatic heterocycles. The van der Waals surface area contributed by atoms with Crippen LogP contribution in [0.5, 0.6) is 5.75 Å². The van der Waals surface area contributed by atoms with Gasteiger partial charge in [-0.25, -0.2) is 13.4 Å². The van der Waals surface area contributed by atoms with Crippen LogP contribution < -0.4 is 20.7 Å². The van der Waals surface area contributed by atoms with Crippen LogP contribution in [0.3, 0.4) is 0 Å². The van der Waals surface area contributed by atoms with Gasteiger partial charge >= 0.3 is 0 Å². The van der Waals surface area contributed by atoms with Crippen LogP contribution in [-0.4, -0.2) is 66.9 Å². The molecule has 0 atom stereocenters. The van der Waals surface area contributed by atoms with Crippen LogP contribution in [-0.2, 0) is 9.84 Å². The van der Waals surface area contributed by atoms with Crippen molar-refractivity contribution < 1.29 is 13.2 Å². The Morgan fingerprint density at radius 3 is 2.56 bits per heavy atom. The SMILES string of the molecule is CCN1CCC(c2cc(OC3CC3)c(Nc3ncc(Cl)c(N/C(=C/NC)C(=N)S(=O)(=O)CC(C)C)n3)cc2C)CC1. The van der Waals surface area contributed by atoms with Gasteiger partial charge in [0.2, 0.25) is 5.95 Å². The van der Waals surface area contributed by atoms with E-state index in [-0.39, 0.29) is 40.3 Å². The number of hydrogen-bond donors (Lipinski definition) is 4. The summed E-state index contributed by atoms with van der Waals surface area (Å²) in [4.78, 5) is 11.4. The monoisotopic (exact) mass is 603 g/mol. The first-order valence-electron chi connectivity index (χ1n) is 14.3. The number of hydrogen-bond acceptors (Lipinski definition) is 10. The van der Waals surface area contributed by atoms with Crippen LogP contribution in [0.25, 0.3) is 0 Å². The molecule has 1 saturated carbocycles. The molecule has 2 heterocycles. The number of aryl methyl sites for hydroxylation is 1. The quantitative estimate of drug-likeness (QED) is 0.185. The molecule has 2 fully saturated rings. The average Bonchev–Trinajstić information content (AvgIpc) is 3.75. The third kappa shape index (κ3) is 8.11. The van der Waals surface area contributed by atoms with Gasteiger partial charge in [-0.2, -0.15) is 4.98 Å². The molecule has 10 nitrogen and oxygen atoms in total. The van der Waals surface area contributed by atoms with Gasteiger partial charge in [-0.15, -0.1) is 0 Å². The lowest BCUT2D eigenvalue weighted by atomic mass is 9.86. The minimum Gasteiger partial charge on any atom is -0.488 e. The standard InChI is InChI=1S/C29H42ClN7O3S/c1-6-37-11-9-20(10-12-37)22-14-26(40-21-7-8-21)24(13-19(22)4)35-29-33-15-23(30)28(36-29)34-25(16-32-5)27(31)41(38,39)17-18(2)3/h13-16,18,20-21,31-32H,6-12,17H2,1-5H3,(H2,33,34,35,36)/b25-16+,31-27?. The number of nitrogens with zero attached hydrogens (tertiary/aromatic N) is 3. The zero-order chi connectivity index (χ0) is 29.7. The Bertz CT molecular complexity index is 1390. The highest BCUT2D eigenvalue weighted by Crippen LogP contribution is 2.40. The summed E-state index contributed by atoms with van der Waals surface area (Å²) in [5.74, 6) is 1.44. The molecule has 1 saturated heterocycles. The second kappa shape index (κ2) is 13.4. The number of piperidine rings is 1. The number of likely N-dealkylation sites (tertiary alicyclic amines) is 1. The topological polar surface area (TPSA) is 132 Å². The molecule has 1 aromatic carbocycles. The van der Waals surface area contributed by atoms with E-state index in [1.807, 2.05) is 0 Å². The highest BCUT2D eigenvalue weighted by molar-refractivity contribution is 8.06. The molecule has 12 heteroatoms. The van der Waals surface area contributed by atoms with Crippen LogP contribution >= 0.6 is 11.6 Å². The third-order valence-corrected chi connectivity index (χ3v) is 9.53. The zero-order valence-electron chi connectivity index (χ0n) is 24.6. The first kappa shape index (κ1) is 31.1. The summed E-state index contributed by atoms with van der Waals surface area (Å²) in [6, 6.07) is 4.26. The fourth-order valence-electron chi connectivity index (χ4n) is 5.02. The smallest absolute Gasteiger partial charge is 0.229 e. The van der Waals surface area contributed by atoms with Gasteiger partial charge in [0.1, 0.15) is 10.8 Å². The van der Waals surface area contributed by atoms with Crippen molar-refractivity contribution in [1.29, 1.82) is 5.41 Å². The summed E-state index contributed by atoms with van der Waals surface area (Å²) in [7, 11) is -2.19. The lowest BCUT2D eigenvalue weighted by Crippen LogP contribution is -2.32. The Balaban J connectivity index is 1.59. The van der Waals surface area contributed by atoms with Gasteiger partial charge in [0, 0.05) is 13.2 Å². The van der Waals surface area contributed by atoms with Crippen LogP contribution in [0.2, 0.25) is 5.02 Å². The Morgan fingerprint density at radius 1 is 1.24 bits per heavy atom.